The topological polar surface area (TPSA) is 12.0 Å². The summed E-state index contributed by atoms with van der Waals surface area (Å²) in [4.78, 5) is 0. The maximum Gasteiger partial charge on any atom is 0.146 e. The number of rotatable bonds is 3. The van der Waals surface area contributed by atoms with Gasteiger partial charge in [-0.05, 0) is 42.9 Å². The highest BCUT2D eigenvalue weighted by atomic mass is 35.5. The van der Waals surface area contributed by atoms with Crippen molar-refractivity contribution in [3.05, 3.63) is 29.0 Å². The van der Waals surface area contributed by atoms with E-state index in [0.29, 0.717) is 16.6 Å². The molecule has 1 fully saturated rings. The Balaban J connectivity index is 1.90. The predicted octanol–water partition coefficient (Wildman–Crippen LogP) is 4.72. The fourth-order valence-corrected chi connectivity index (χ4v) is 2.80. The van der Waals surface area contributed by atoms with Crippen LogP contribution in [0.15, 0.2) is 18.2 Å². The monoisotopic (exact) mass is 255 g/mol. The number of halogens is 2. The molecule has 0 amide bonds. The van der Waals surface area contributed by atoms with Gasteiger partial charge in [-0.25, -0.2) is 4.39 Å². The van der Waals surface area contributed by atoms with Crippen molar-refractivity contribution in [2.24, 2.45) is 11.8 Å². The third-order valence-corrected chi connectivity index (χ3v) is 3.79. The molecule has 0 heterocycles. The molecule has 1 aromatic rings. The number of benzene rings is 1. The molecular weight excluding hydrogens is 237 g/mol. The van der Waals surface area contributed by atoms with E-state index in [1.807, 2.05) is 0 Å². The van der Waals surface area contributed by atoms with Crippen LogP contribution >= 0.6 is 11.6 Å². The van der Waals surface area contributed by atoms with Gasteiger partial charge in [0.2, 0.25) is 0 Å². The molecule has 2 rings (SSSR count). The lowest BCUT2D eigenvalue weighted by atomic mass is 9.82. The lowest BCUT2D eigenvalue weighted by Crippen LogP contribution is -2.21. The van der Waals surface area contributed by atoms with Gasteiger partial charge in [0.05, 0.1) is 5.69 Å². The second-order valence-electron chi connectivity index (χ2n) is 5.14. The second kappa shape index (κ2) is 5.72. The summed E-state index contributed by atoms with van der Waals surface area (Å²) in [5.74, 6) is 1.25. The van der Waals surface area contributed by atoms with E-state index in [1.54, 1.807) is 12.1 Å². The van der Waals surface area contributed by atoms with Crippen molar-refractivity contribution in [1.29, 1.82) is 0 Å². The molecule has 0 saturated heterocycles. The summed E-state index contributed by atoms with van der Waals surface area (Å²) >= 11 is 5.85. The summed E-state index contributed by atoms with van der Waals surface area (Å²) in [6.07, 6.45) is 5.13. The van der Waals surface area contributed by atoms with E-state index in [2.05, 4.69) is 12.2 Å². The van der Waals surface area contributed by atoms with Crippen LogP contribution in [0.5, 0.6) is 0 Å². The Kier molecular flexibility index (Phi) is 4.27. The molecule has 17 heavy (non-hydrogen) atoms. The van der Waals surface area contributed by atoms with E-state index in [4.69, 9.17) is 11.6 Å². The van der Waals surface area contributed by atoms with E-state index in [0.717, 1.165) is 12.5 Å². The van der Waals surface area contributed by atoms with Crippen molar-refractivity contribution in [2.75, 3.05) is 11.9 Å². The Labute approximate surface area is 107 Å². The SMILES string of the molecule is CC1CCCC(CNc2cc(Cl)ccc2F)C1. The first-order valence-corrected chi connectivity index (χ1v) is 6.72. The van der Waals surface area contributed by atoms with E-state index < -0.39 is 0 Å². The minimum Gasteiger partial charge on any atom is -0.382 e. The molecule has 1 saturated carbocycles. The highest BCUT2D eigenvalue weighted by Crippen LogP contribution is 2.29. The van der Waals surface area contributed by atoms with Crippen LogP contribution in [0.2, 0.25) is 5.02 Å². The first-order valence-electron chi connectivity index (χ1n) is 6.34. The largest absolute Gasteiger partial charge is 0.382 e. The molecule has 3 heteroatoms. The van der Waals surface area contributed by atoms with E-state index in [9.17, 15) is 4.39 Å². The van der Waals surface area contributed by atoms with Crippen molar-refractivity contribution >= 4 is 17.3 Å². The molecular formula is C14H19ClFN. The molecule has 1 aliphatic carbocycles. The van der Waals surface area contributed by atoms with Crippen molar-refractivity contribution in [3.8, 4) is 0 Å². The molecule has 0 spiro atoms. The van der Waals surface area contributed by atoms with Crippen LogP contribution in [0, 0.1) is 17.7 Å². The zero-order valence-electron chi connectivity index (χ0n) is 10.2. The van der Waals surface area contributed by atoms with Gasteiger partial charge < -0.3 is 5.32 Å². The quantitative estimate of drug-likeness (QED) is 0.824. The standard InChI is InChI=1S/C14H19ClFN/c1-10-3-2-4-11(7-10)9-17-14-8-12(15)5-6-13(14)16/h5-6,8,10-11,17H,2-4,7,9H2,1H3. The number of anilines is 1. The summed E-state index contributed by atoms with van der Waals surface area (Å²) in [5.41, 5.74) is 0.524. The van der Waals surface area contributed by atoms with Crippen molar-refractivity contribution in [1.82, 2.24) is 0 Å². The van der Waals surface area contributed by atoms with Crippen molar-refractivity contribution < 1.29 is 4.39 Å². The second-order valence-corrected chi connectivity index (χ2v) is 5.58. The van der Waals surface area contributed by atoms with Gasteiger partial charge in [0, 0.05) is 11.6 Å². The predicted molar refractivity (Wildman–Crippen MR) is 71.0 cm³/mol. The highest BCUT2D eigenvalue weighted by Gasteiger charge is 2.18. The Bertz CT molecular complexity index is 380. The van der Waals surface area contributed by atoms with Crippen LogP contribution in [-0.4, -0.2) is 6.54 Å². The van der Waals surface area contributed by atoms with Crippen LogP contribution in [0.4, 0.5) is 10.1 Å². The lowest BCUT2D eigenvalue weighted by molar-refractivity contribution is 0.293. The van der Waals surface area contributed by atoms with Crippen LogP contribution < -0.4 is 5.32 Å². The normalized spacial score (nSPS) is 24.6. The van der Waals surface area contributed by atoms with E-state index >= 15 is 0 Å². The fourth-order valence-electron chi connectivity index (χ4n) is 2.63. The molecule has 0 aliphatic heterocycles. The fraction of sp³-hybridized carbons (Fsp3) is 0.571. The zero-order valence-corrected chi connectivity index (χ0v) is 10.9. The molecule has 1 aromatic carbocycles. The molecule has 2 unspecified atom stereocenters. The van der Waals surface area contributed by atoms with Gasteiger partial charge in [0.25, 0.3) is 0 Å². The van der Waals surface area contributed by atoms with E-state index in [-0.39, 0.29) is 5.82 Å². The summed E-state index contributed by atoms with van der Waals surface area (Å²) in [7, 11) is 0. The third kappa shape index (κ3) is 3.60. The van der Waals surface area contributed by atoms with Gasteiger partial charge in [-0.2, -0.15) is 0 Å². The van der Waals surface area contributed by atoms with Crippen LogP contribution in [0.25, 0.3) is 0 Å². The summed E-state index contributed by atoms with van der Waals surface area (Å²) in [5, 5.41) is 3.76. The Morgan fingerprint density at radius 3 is 3.00 bits per heavy atom. The molecule has 0 aromatic heterocycles. The highest BCUT2D eigenvalue weighted by molar-refractivity contribution is 6.30. The Morgan fingerprint density at radius 2 is 2.24 bits per heavy atom. The maximum absolute atomic E-state index is 13.5. The van der Waals surface area contributed by atoms with Gasteiger partial charge in [0.1, 0.15) is 5.82 Å². The molecule has 1 nitrogen and oxygen atoms in total. The van der Waals surface area contributed by atoms with Crippen LogP contribution in [-0.2, 0) is 0 Å². The summed E-state index contributed by atoms with van der Waals surface area (Å²) < 4.78 is 13.5. The minimum atomic E-state index is -0.224. The molecule has 1 aliphatic rings. The van der Waals surface area contributed by atoms with Crippen molar-refractivity contribution in [3.63, 3.8) is 0 Å². The summed E-state index contributed by atoms with van der Waals surface area (Å²) in [6.45, 7) is 3.15. The lowest BCUT2D eigenvalue weighted by Gasteiger charge is -2.27. The summed E-state index contributed by atoms with van der Waals surface area (Å²) in [6, 6.07) is 4.64. The van der Waals surface area contributed by atoms with Gasteiger partial charge >= 0.3 is 0 Å². The van der Waals surface area contributed by atoms with Gasteiger partial charge in [-0.1, -0.05) is 31.4 Å². The average molecular weight is 256 g/mol. The van der Waals surface area contributed by atoms with Gasteiger partial charge in [0.15, 0.2) is 0 Å². The minimum absolute atomic E-state index is 0.224. The molecule has 0 radical (unpaired) electrons. The number of hydrogen-bond donors (Lipinski definition) is 1. The molecule has 2 atom stereocenters. The zero-order chi connectivity index (χ0) is 12.3. The third-order valence-electron chi connectivity index (χ3n) is 3.55. The Morgan fingerprint density at radius 1 is 1.41 bits per heavy atom. The average Bonchev–Trinajstić information content (AvgIpc) is 2.30. The van der Waals surface area contributed by atoms with Crippen LogP contribution in [0.3, 0.4) is 0 Å². The van der Waals surface area contributed by atoms with E-state index in [1.165, 1.54) is 31.7 Å². The first-order chi connectivity index (χ1) is 8.15. The number of hydrogen-bond acceptors (Lipinski definition) is 1. The first kappa shape index (κ1) is 12.7. The van der Waals surface area contributed by atoms with Gasteiger partial charge in [-0.3, -0.25) is 0 Å². The van der Waals surface area contributed by atoms with Crippen LogP contribution in [0.1, 0.15) is 32.6 Å². The van der Waals surface area contributed by atoms with Crippen molar-refractivity contribution in [2.45, 2.75) is 32.6 Å². The van der Waals surface area contributed by atoms with Gasteiger partial charge in [-0.15, -0.1) is 0 Å². The Hall–Kier alpha value is -0.760. The number of nitrogens with one attached hydrogen (secondary N) is 1. The maximum atomic E-state index is 13.5. The smallest absolute Gasteiger partial charge is 0.146 e. The molecule has 1 N–H and O–H groups in total. The molecule has 0 bridgehead atoms. The molecule has 94 valence electrons.